The quantitative estimate of drug-likeness (QED) is 0.755. The number of halogens is 2. The molecule has 1 aromatic heterocycles. The summed E-state index contributed by atoms with van der Waals surface area (Å²) >= 11 is 6.51. The summed E-state index contributed by atoms with van der Waals surface area (Å²) in [5, 5.41) is 1.11. The Balaban J connectivity index is 2.49. The molecule has 0 saturated heterocycles. The highest BCUT2D eigenvalue weighted by Crippen LogP contribution is 2.26. The van der Waals surface area contributed by atoms with E-state index in [1.165, 1.54) is 12.1 Å². The molecule has 0 aliphatic rings. The van der Waals surface area contributed by atoms with Crippen molar-refractivity contribution in [2.24, 2.45) is 0 Å². The van der Waals surface area contributed by atoms with Crippen molar-refractivity contribution in [2.45, 2.75) is 0 Å². The van der Waals surface area contributed by atoms with E-state index in [0.717, 1.165) is 17.1 Å². The standard InChI is InChI=1S/C10H5ClFNOS/c11-10(14)9-8(5-15-13-9)6-1-3-7(12)4-2-6/h1-5H. The Morgan fingerprint density at radius 2 is 2.00 bits per heavy atom. The van der Waals surface area contributed by atoms with Gasteiger partial charge >= 0.3 is 0 Å². The third-order valence-electron chi connectivity index (χ3n) is 1.91. The van der Waals surface area contributed by atoms with Gasteiger partial charge in [-0.1, -0.05) is 12.1 Å². The zero-order valence-corrected chi connectivity index (χ0v) is 8.98. The maximum absolute atomic E-state index is 12.7. The monoisotopic (exact) mass is 241 g/mol. The Hall–Kier alpha value is -1.26. The van der Waals surface area contributed by atoms with Crippen molar-refractivity contribution in [2.75, 3.05) is 0 Å². The Labute approximate surface area is 94.5 Å². The fourth-order valence-electron chi connectivity index (χ4n) is 1.21. The smallest absolute Gasteiger partial charge is 0.272 e. The number of carbonyl (C=O) groups is 1. The molecule has 0 amide bonds. The summed E-state index contributed by atoms with van der Waals surface area (Å²) in [5.74, 6) is -0.319. The Morgan fingerprint density at radius 3 is 2.60 bits per heavy atom. The zero-order chi connectivity index (χ0) is 10.8. The normalized spacial score (nSPS) is 10.3. The average molecular weight is 242 g/mol. The average Bonchev–Trinajstić information content (AvgIpc) is 2.67. The van der Waals surface area contributed by atoms with E-state index in [-0.39, 0.29) is 11.5 Å². The zero-order valence-electron chi connectivity index (χ0n) is 7.41. The largest absolute Gasteiger partial charge is 0.274 e. The molecule has 0 radical (unpaired) electrons. The van der Waals surface area contributed by atoms with Crippen LogP contribution in [0.5, 0.6) is 0 Å². The van der Waals surface area contributed by atoms with Crippen molar-refractivity contribution in [3.63, 3.8) is 0 Å². The van der Waals surface area contributed by atoms with Crippen LogP contribution < -0.4 is 0 Å². The van der Waals surface area contributed by atoms with Gasteiger partial charge in [-0.2, -0.15) is 4.37 Å². The second kappa shape index (κ2) is 4.08. The SMILES string of the molecule is O=C(Cl)c1nscc1-c1ccc(F)cc1. The lowest BCUT2D eigenvalue weighted by molar-refractivity contribution is 0.107. The molecule has 0 fully saturated rings. The van der Waals surface area contributed by atoms with Crippen molar-refractivity contribution >= 4 is 28.4 Å². The molecule has 15 heavy (non-hydrogen) atoms. The number of aromatic nitrogens is 1. The first-order valence-electron chi connectivity index (χ1n) is 4.08. The summed E-state index contributed by atoms with van der Waals surface area (Å²) in [7, 11) is 0. The van der Waals surface area contributed by atoms with Crippen LogP contribution in [0.3, 0.4) is 0 Å². The van der Waals surface area contributed by atoms with Crippen LogP contribution in [0.15, 0.2) is 29.6 Å². The third-order valence-corrected chi connectivity index (χ3v) is 2.72. The molecule has 0 aliphatic heterocycles. The Bertz CT molecular complexity index is 494. The molecular formula is C10H5ClFNOS. The highest BCUT2D eigenvalue weighted by molar-refractivity contribution is 7.04. The van der Waals surface area contributed by atoms with Gasteiger partial charge in [-0.3, -0.25) is 4.79 Å². The molecular weight excluding hydrogens is 237 g/mol. The van der Waals surface area contributed by atoms with E-state index in [4.69, 9.17) is 11.6 Å². The third kappa shape index (κ3) is 2.06. The van der Waals surface area contributed by atoms with E-state index < -0.39 is 5.24 Å². The minimum atomic E-state index is -0.601. The first-order chi connectivity index (χ1) is 7.18. The second-order valence-corrected chi connectivity index (χ2v) is 3.83. The van der Waals surface area contributed by atoms with Crippen LogP contribution in [0.1, 0.15) is 10.5 Å². The summed E-state index contributed by atoms with van der Waals surface area (Å²) in [5.41, 5.74) is 1.59. The summed E-state index contributed by atoms with van der Waals surface area (Å²) in [6.45, 7) is 0. The summed E-state index contributed by atoms with van der Waals surface area (Å²) < 4.78 is 16.6. The van der Waals surface area contributed by atoms with Gasteiger partial charge in [0.05, 0.1) is 0 Å². The van der Waals surface area contributed by atoms with Gasteiger partial charge in [-0.15, -0.1) is 0 Å². The minimum Gasteiger partial charge on any atom is -0.274 e. The van der Waals surface area contributed by atoms with Crippen LogP contribution in [0, 0.1) is 5.82 Å². The fraction of sp³-hybridized carbons (Fsp3) is 0. The number of benzene rings is 1. The van der Waals surface area contributed by atoms with Gasteiger partial charge in [0.15, 0.2) is 0 Å². The van der Waals surface area contributed by atoms with Crippen LogP contribution in [-0.2, 0) is 0 Å². The van der Waals surface area contributed by atoms with Crippen LogP contribution in [0.25, 0.3) is 11.1 Å². The lowest BCUT2D eigenvalue weighted by Gasteiger charge is -1.98. The molecule has 2 rings (SSSR count). The van der Waals surface area contributed by atoms with Gasteiger partial charge in [0, 0.05) is 10.9 Å². The van der Waals surface area contributed by atoms with Gasteiger partial charge in [0.2, 0.25) is 0 Å². The number of carbonyl (C=O) groups excluding carboxylic acids is 1. The van der Waals surface area contributed by atoms with E-state index in [1.807, 2.05) is 0 Å². The number of hydrogen-bond acceptors (Lipinski definition) is 3. The Morgan fingerprint density at radius 1 is 1.33 bits per heavy atom. The topological polar surface area (TPSA) is 30.0 Å². The molecule has 0 N–H and O–H groups in total. The van der Waals surface area contributed by atoms with Gasteiger partial charge in [-0.25, -0.2) is 4.39 Å². The van der Waals surface area contributed by atoms with Crippen LogP contribution in [-0.4, -0.2) is 9.62 Å². The molecule has 1 heterocycles. The first kappa shape index (κ1) is 10.3. The molecule has 0 bridgehead atoms. The predicted molar refractivity (Wildman–Crippen MR) is 57.7 cm³/mol. The van der Waals surface area contributed by atoms with E-state index in [0.29, 0.717) is 5.56 Å². The van der Waals surface area contributed by atoms with E-state index >= 15 is 0 Å². The predicted octanol–water partition coefficient (Wildman–Crippen LogP) is 3.33. The molecule has 5 heteroatoms. The van der Waals surface area contributed by atoms with E-state index in [2.05, 4.69) is 4.37 Å². The summed E-state index contributed by atoms with van der Waals surface area (Å²) in [4.78, 5) is 11.0. The Kier molecular flexibility index (Phi) is 2.79. The maximum Gasteiger partial charge on any atom is 0.272 e. The van der Waals surface area contributed by atoms with Gasteiger partial charge in [0.25, 0.3) is 5.24 Å². The molecule has 76 valence electrons. The highest BCUT2D eigenvalue weighted by atomic mass is 35.5. The van der Waals surface area contributed by atoms with Crippen LogP contribution in [0.2, 0.25) is 0 Å². The van der Waals surface area contributed by atoms with Crippen molar-refractivity contribution in [3.05, 3.63) is 41.2 Å². The maximum atomic E-state index is 12.7. The number of hydrogen-bond donors (Lipinski definition) is 0. The summed E-state index contributed by atoms with van der Waals surface area (Å²) in [6, 6.07) is 5.83. The number of nitrogens with zero attached hydrogens (tertiary/aromatic N) is 1. The molecule has 2 nitrogen and oxygen atoms in total. The molecule has 2 aromatic rings. The molecule has 1 aromatic carbocycles. The van der Waals surface area contributed by atoms with Crippen molar-refractivity contribution < 1.29 is 9.18 Å². The molecule has 0 unspecified atom stereocenters. The number of rotatable bonds is 2. The van der Waals surface area contributed by atoms with Gasteiger partial charge in [0.1, 0.15) is 11.5 Å². The molecule has 0 aliphatic carbocycles. The lowest BCUT2D eigenvalue weighted by atomic mass is 10.1. The van der Waals surface area contributed by atoms with Crippen LogP contribution in [0.4, 0.5) is 4.39 Å². The van der Waals surface area contributed by atoms with Gasteiger partial charge < -0.3 is 0 Å². The fourth-order valence-corrected chi connectivity index (χ4v) is 2.10. The summed E-state index contributed by atoms with van der Waals surface area (Å²) in [6.07, 6.45) is 0. The van der Waals surface area contributed by atoms with Crippen molar-refractivity contribution in [1.82, 2.24) is 4.37 Å². The second-order valence-electron chi connectivity index (χ2n) is 2.86. The van der Waals surface area contributed by atoms with Crippen molar-refractivity contribution in [1.29, 1.82) is 0 Å². The molecule has 0 atom stereocenters. The highest BCUT2D eigenvalue weighted by Gasteiger charge is 2.13. The first-order valence-corrected chi connectivity index (χ1v) is 5.30. The van der Waals surface area contributed by atoms with E-state index in [9.17, 15) is 9.18 Å². The van der Waals surface area contributed by atoms with E-state index in [1.54, 1.807) is 17.5 Å². The van der Waals surface area contributed by atoms with Gasteiger partial charge in [-0.05, 0) is 40.8 Å². The lowest BCUT2D eigenvalue weighted by Crippen LogP contribution is -1.91. The minimum absolute atomic E-state index is 0.216. The van der Waals surface area contributed by atoms with Crippen molar-refractivity contribution in [3.8, 4) is 11.1 Å². The molecule has 0 spiro atoms. The molecule has 0 saturated carbocycles. The van der Waals surface area contributed by atoms with Crippen LogP contribution >= 0.6 is 23.1 Å².